The first kappa shape index (κ1) is 19.4. The number of halogens is 1. The van der Waals surface area contributed by atoms with Gasteiger partial charge in [-0.05, 0) is 17.7 Å². The number of nitrogens with zero attached hydrogens (tertiary/aromatic N) is 4. The normalized spacial score (nSPS) is 18.8. The zero-order valence-corrected chi connectivity index (χ0v) is 16.2. The Labute approximate surface area is 164 Å². The van der Waals surface area contributed by atoms with Crippen LogP contribution >= 0.6 is 11.6 Å². The Hall–Kier alpha value is -2.32. The zero-order valence-electron chi connectivity index (χ0n) is 15.4. The maximum absolute atomic E-state index is 11.6. The molecule has 2 N–H and O–H groups in total. The fourth-order valence-corrected chi connectivity index (χ4v) is 3.52. The highest BCUT2D eigenvalue weighted by molar-refractivity contribution is 6.30. The summed E-state index contributed by atoms with van der Waals surface area (Å²) < 4.78 is 0. The van der Waals surface area contributed by atoms with E-state index in [0.29, 0.717) is 13.1 Å². The molecule has 3 amide bonds. The molecule has 9 heteroatoms. The number of piperazine rings is 1. The molecule has 0 unspecified atom stereocenters. The minimum Gasteiger partial charge on any atom is -0.354 e. The van der Waals surface area contributed by atoms with E-state index >= 15 is 0 Å². The van der Waals surface area contributed by atoms with Crippen molar-refractivity contribution >= 4 is 29.5 Å². The first-order valence-corrected chi connectivity index (χ1v) is 9.45. The van der Waals surface area contributed by atoms with Crippen LogP contribution in [0.5, 0.6) is 0 Å². The molecular formula is C18H25ClN6O2. The lowest BCUT2D eigenvalue weighted by atomic mass is 10.2. The number of hydrogen-bond acceptors (Lipinski definition) is 4. The number of amides is 3. The number of nitrogens with one attached hydrogen (secondary N) is 2. The van der Waals surface area contributed by atoms with Gasteiger partial charge in [0.15, 0.2) is 5.96 Å². The second-order valence-electron chi connectivity index (χ2n) is 6.57. The van der Waals surface area contributed by atoms with Crippen LogP contribution < -0.4 is 10.6 Å². The number of imide groups is 1. The average Bonchev–Trinajstić information content (AvgIpc) is 2.98. The van der Waals surface area contributed by atoms with E-state index in [4.69, 9.17) is 11.6 Å². The van der Waals surface area contributed by atoms with Gasteiger partial charge in [-0.25, -0.2) is 4.79 Å². The van der Waals surface area contributed by atoms with E-state index in [1.54, 1.807) is 7.05 Å². The Kier molecular flexibility index (Phi) is 6.52. The van der Waals surface area contributed by atoms with Crippen LogP contribution in [0.1, 0.15) is 5.56 Å². The number of carbonyl (C=O) groups excluding carboxylic acids is 2. The first-order valence-electron chi connectivity index (χ1n) is 9.07. The van der Waals surface area contributed by atoms with Gasteiger partial charge in [-0.15, -0.1) is 0 Å². The molecule has 0 saturated carbocycles. The molecular weight excluding hydrogens is 368 g/mol. The Balaban J connectivity index is 1.43. The van der Waals surface area contributed by atoms with E-state index in [-0.39, 0.29) is 18.5 Å². The van der Waals surface area contributed by atoms with Crippen molar-refractivity contribution in [3.05, 3.63) is 34.9 Å². The van der Waals surface area contributed by atoms with Gasteiger partial charge in [-0.1, -0.05) is 23.7 Å². The smallest absolute Gasteiger partial charge is 0.324 e. The fraction of sp³-hybridized carbons (Fsp3) is 0.500. The van der Waals surface area contributed by atoms with E-state index in [0.717, 1.165) is 43.7 Å². The lowest BCUT2D eigenvalue weighted by molar-refractivity contribution is -0.124. The van der Waals surface area contributed by atoms with Crippen LogP contribution in [0.2, 0.25) is 5.02 Å². The molecule has 2 heterocycles. The summed E-state index contributed by atoms with van der Waals surface area (Å²) in [6.07, 6.45) is 0. The van der Waals surface area contributed by atoms with Gasteiger partial charge < -0.3 is 15.5 Å². The Morgan fingerprint density at radius 3 is 2.67 bits per heavy atom. The molecule has 1 aromatic carbocycles. The largest absolute Gasteiger partial charge is 0.354 e. The van der Waals surface area contributed by atoms with Crippen LogP contribution in [-0.2, 0) is 11.3 Å². The molecule has 0 atom stereocenters. The first-order chi connectivity index (χ1) is 13.1. The maximum atomic E-state index is 11.6. The third-order valence-corrected chi connectivity index (χ3v) is 4.97. The molecule has 2 fully saturated rings. The van der Waals surface area contributed by atoms with Crippen molar-refractivity contribution in [2.24, 2.45) is 4.99 Å². The summed E-state index contributed by atoms with van der Waals surface area (Å²) in [6.45, 7) is 5.37. The number of rotatable bonds is 5. The number of benzene rings is 1. The second-order valence-corrected chi connectivity index (χ2v) is 7.01. The van der Waals surface area contributed by atoms with Gasteiger partial charge in [-0.3, -0.25) is 19.6 Å². The highest BCUT2D eigenvalue weighted by Gasteiger charge is 2.28. The van der Waals surface area contributed by atoms with Crippen LogP contribution in [0.15, 0.2) is 29.3 Å². The van der Waals surface area contributed by atoms with Crippen molar-refractivity contribution in [3.63, 3.8) is 0 Å². The van der Waals surface area contributed by atoms with Crippen molar-refractivity contribution in [3.8, 4) is 0 Å². The molecule has 0 aliphatic carbocycles. The lowest BCUT2D eigenvalue weighted by Gasteiger charge is -2.36. The molecule has 2 aliphatic heterocycles. The summed E-state index contributed by atoms with van der Waals surface area (Å²) in [5, 5.41) is 6.53. The van der Waals surface area contributed by atoms with Crippen molar-refractivity contribution < 1.29 is 9.59 Å². The van der Waals surface area contributed by atoms with Gasteiger partial charge in [0.2, 0.25) is 5.91 Å². The minimum absolute atomic E-state index is 0.0855. The maximum Gasteiger partial charge on any atom is 0.324 e. The summed E-state index contributed by atoms with van der Waals surface area (Å²) in [6, 6.07) is 7.63. The summed E-state index contributed by atoms with van der Waals surface area (Å²) in [5.74, 6) is 0.607. The summed E-state index contributed by atoms with van der Waals surface area (Å²) in [7, 11) is 1.74. The quantitative estimate of drug-likeness (QED) is 0.435. The third-order valence-electron chi connectivity index (χ3n) is 4.73. The molecule has 0 radical (unpaired) electrons. The number of hydrogen-bond donors (Lipinski definition) is 2. The van der Waals surface area contributed by atoms with Gasteiger partial charge in [-0.2, -0.15) is 0 Å². The summed E-state index contributed by atoms with van der Waals surface area (Å²) in [4.78, 5) is 33.3. The number of urea groups is 1. The van der Waals surface area contributed by atoms with E-state index in [9.17, 15) is 9.59 Å². The van der Waals surface area contributed by atoms with Gasteiger partial charge in [0, 0.05) is 57.9 Å². The minimum atomic E-state index is -0.327. The molecule has 1 aromatic rings. The van der Waals surface area contributed by atoms with Crippen LogP contribution in [0.4, 0.5) is 4.79 Å². The SMILES string of the molecule is CN=C(NCCN1C(=O)CNC1=O)N1CCN(Cc2cccc(Cl)c2)CC1. The van der Waals surface area contributed by atoms with Gasteiger partial charge in [0.25, 0.3) is 0 Å². The number of carbonyl (C=O) groups is 2. The lowest BCUT2D eigenvalue weighted by Crippen LogP contribution is -2.53. The molecule has 27 heavy (non-hydrogen) atoms. The average molecular weight is 393 g/mol. The van der Waals surface area contributed by atoms with Crippen LogP contribution in [0, 0.1) is 0 Å². The van der Waals surface area contributed by atoms with Crippen LogP contribution in [0.3, 0.4) is 0 Å². The molecule has 146 valence electrons. The monoisotopic (exact) mass is 392 g/mol. The second kappa shape index (κ2) is 9.05. The predicted molar refractivity (Wildman–Crippen MR) is 105 cm³/mol. The molecule has 0 aromatic heterocycles. The van der Waals surface area contributed by atoms with Crippen molar-refractivity contribution in [1.29, 1.82) is 0 Å². The fourth-order valence-electron chi connectivity index (χ4n) is 3.30. The Morgan fingerprint density at radius 2 is 2.04 bits per heavy atom. The van der Waals surface area contributed by atoms with E-state index < -0.39 is 0 Å². The van der Waals surface area contributed by atoms with Crippen LogP contribution in [-0.4, -0.2) is 85.5 Å². The third kappa shape index (κ3) is 5.11. The summed E-state index contributed by atoms with van der Waals surface area (Å²) in [5.41, 5.74) is 1.21. The van der Waals surface area contributed by atoms with E-state index in [1.165, 1.54) is 10.5 Å². The Bertz CT molecular complexity index is 702. The standard InChI is InChI=1S/C18H25ClN6O2/c1-20-17(21-5-6-25-16(26)12-22-18(25)27)24-9-7-23(8-10-24)13-14-3-2-4-15(19)11-14/h2-4,11H,5-10,12-13H2,1H3,(H,20,21)(H,22,27). The molecule has 0 spiro atoms. The van der Waals surface area contributed by atoms with Gasteiger partial charge in [0.05, 0.1) is 6.54 Å². The highest BCUT2D eigenvalue weighted by Crippen LogP contribution is 2.14. The zero-order chi connectivity index (χ0) is 19.2. The Morgan fingerprint density at radius 1 is 1.26 bits per heavy atom. The van der Waals surface area contributed by atoms with Crippen LogP contribution in [0.25, 0.3) is 0 Å². The molecule has 2 saturated heterocycles. The molecule has 3 rings (SSSR count). The van der Waals surface area contributed by atoms with Gasteiger partial charge in [0.1, 0.15) is 0 Å². The van der Waals surface area contributed by atoms with Crippen molar-refractivity contribution in [2.45, 2.75) is 6.54 Å². The molecule has 0 bridgehead atoms. The number of aliphatic imine (C=N–C) groups is 1. The molecule has 8 nitrogen and oxygen atoms in total. The van der Waals surface area contributed by atoms with Crippen molar-refractivity contribution in [2.75, 3.05) is 52.9 Å². The molecule has 2 aliphatic rings. The number of guanidine groups is 1. The predicted octanol–water partition coefficient (Wildman–Crippen LogP) is 0.585. The van der Waals surface area contributed by atoms with Gasteiger partial charge >= 0.3 is 6.03 Å². The summed E-state index contributed by atoms with van der Waals surface area (Å²) >= 11 is 6.06. The highest BCUT2D eigenvalue weighted by atomic mass is 35.5. The van der Waals surface area contributed by atoms with Crippen molar-refractivity contribution in [1.82, 2.24) is 25.3 Å². The van der Waals surface area contributed by atoms with E-state index in [2.05, 4.69) is 31.5 Å². The topological polar surface area (TPSA) is 80.3 Å². The van der Waals surface area contributed by atoms with E-state index in [1.807, 2.05) is 18.2 Å².